The fourth-order valence-electron chi connectivity index (χ4n) is 7.07. The second-order valence-corrected chi connectivity index (χ2v) is 12.1. The maximum absolute atomic E-state index is 12.9. The van der Waals surface area contributed by atoms with Crippen molar-refractivity contribution in [1.29, 1.82) is 5.26 Å². The molecule has 1 aliphatic carbocycles. The van der Waals surface area contributed by atoms with Gasteiger partial charge in [0.15, 0.2) is 0 Å². The number of nitrogens with zero attached hydrogens (tertiary/aromatic N) is 2. The molecule has 8 nitrogen and oxygen atoms in total. The van der Waals surface area contributed by atoms with Gasteiger partial charge in [-0.2, -0.15) is 5.26 Å². The summed E-state index contributed by atoms with van der Waals surface area (Å²) >= 11 is 0. The number of carbonyl (C=O) groups excluding carboxylic acids is 1. The van der Waals surface area contributed by atoms with Crippen LogP contribution in [-0.2, 0) is 11.3 Å². The molecule has 40 heavy (non-hydrogen) atoms. The number of likely N-dealkylation sites (tertiary alicyclic amines) is 1. The third-order valence-corrected chi connectivity index (χ3v) is 9.69. The highest BCUT2D eigenvalue weighted by Crippen LogP contribution is 2.56. The van der Waals surface area contributed by atoms with E-state index in [1.807, 2.05) is 18.3 Å². The zero-order valence-electron chi connectivity index (χ0n) is 23.7. The third-order valence-electron chi connectivity index (χ3n) is 9.69. The number of aromatic amines is 1. The molecule has 0 radical (unpaired) electrons. The molecular weight excluding hydrogens is 502 g/mol. The number of aryl methyl sites for hydroxylation is 1. The van der Waals surface area contributed by atoms with Gasteiger partial charge >= 0.3 is 0 Å². The van der Waals surface area contributed by atoms with Crippen molar-refractivity contribution < 1.29 is 14.3 Å². The molecule has 0 unspecified atom stereocenters. The number of nitriles is 1. The number of hydrogen-bond donors (Lipinski definition) is 3. The Morgan fingerprint density at radius 2 is 1.95 bits per heavy atom. The predicted octanol–water partition coefficient (Wildman–Crippen LogP) is 4.46. The van der Waals surface area contributed by atoms with Crippen LogP contribution in [0.4, 0.5) is 0 Å². The number of rotatable bonds is 8. The van der Waals surface area contributed by atoms with Crippen LogP contribution < -0.4 is 15.4 Å². The zero-order valence-corrected chi connectivity index (χ0v) is 23.7. The van der Waals surface area contributed by atoms with Crippen molar-refractivity contribution in [2.24, 2.45) is 11.3 Å². The van der Waals surface area contributed by atoms with Crippen LogP contribution in [0.1, 0.15) is 58.8 Å². The summed E-state index contributed by atoms with van der Waals surface area (Å²) in [4.78, 5) is 18.9. The molecule has 210 valence electrons. The van der Waals surface area contributed by atoms with E-state index in [2.05, 4.69) is 57.8 Å². The van der Waals surface area contributed by atoms with Crippen LogP contribution in [-0.4, -0.2) is 61.8 Å². The minimum atomic E-state index is -0.307. The van der Waals surface area contributed by atoms with E-state index in [4.69, 9.17) is 9.47 Å². The highest BCUT2D eigenvalue weighted by atomic mass is 16.5. The zero-order chi connectivity index (χ0) is 27.9. The van der Waals surface area contributed by atoms with Crippen molar-refractivity contribution in [2.45, 2.75) is 50.8 Å². The minimum Gasteiger partial charge on any atom is -0.496 e. The summed E-state index contributed by atoms with van der Waals surface area (Å²) in [6.07, 6.45) is 6.09. The summed E-state index contributed by atoms with van der Waals surface area (Å²) in [7, 11) is 3.44. The average molecular weight is 542 g/mol. The number of H-pyrrole nitrogens is 1. The third kappa shape index (κ3) is 4.77. The van der Waals surface area contributed by atoms with Crippen molar-refractivity contribution >= 4 is 16.8 Å². The lowest BCUT2D eigenvalue weighted by Gasteiger charge is -2.53. The quantitative estimate of drug-likeness (QED) is 0.389. The predicted molar refractivity (Wildman–Crippen MR) is 154 cm³/mol. The van der Waals surface area contributed by atoms with Gasteiger partial charge in [0.2, 0.25) is 0 Å². The molecule has 1 spiro atoms. The van der Waals surface area contributed by atoms with Gasteiger partial charge in [-0.3, -0.25) is 9.69 Å². The van der Waals surface area contributed by atoms with E-state index >= 15 is 0 Å². The first-order valence-electron chi connectivity index (χ1n) is 14.3. The van der Waals surface area contributed by atoms with Gasteiger partial charge in [-0.15, -0.1) is 0 Å². The maximum Gasteiger partial charge on any atom is 0.251 e. The average Bonchev–Trinajstić information content (AvgIpc) is 3.44. The largest absolute Gasteiger partial charge is 0.496 e. The molecule has 1 atom stereocenters. The number of piperidine rings is 1. The summed E-state index contributed by atoms with van der Waals surface area (Å²) in [5.74, 6) is 1.01. The first-order valence-corrected chi connectivity index (χ1v) is 14.3. The number of hydrogen-bond acceptors (Lipinski definition) is 6. The number of amides is 1. The smallest absolute Gasteiger partial charge is 0.251 e. The van der Waals surface area contributed by atoms with Crippen LogP contribution in [0.2, 0.25) is 0 Å². The molecule has 2 aromatic carbocycles. The second kappa shape index (κ2) is 10.5. The summed E-state index contributed by atoms with van der Waals surface area (Å²) in [5.41, 5.74) is 5.31. The van der Waals surface area contributed by atoms with Gasteiger partial charge < -0.3 is 25.1 Å². The molecule has 3 aromatic rings. The van der Waals surface area contributed by atoms with Crippen molar-refractivity contribution in [1.82, 2.24) is 20.5 Å². The van der Waals surface area contributed by atoms with Gasteiger partial charge in [0.25, 0.3) is 5.91 Å². The lowest BCUT2D eigenvalue weighted by molar-refractivity contribution is -0.0477. The minimum absolute atomic E-state index is 0.0815. The molecule has 3 fully saturated rings. The molecule has 2 saturated heterocycles. The van der Waals surface area contributed by atoms with Crippen molar-refractivity contribution in [3.05, 3.63) is 64.8 Å². The molecule has 3 heterocycles. The highest BCUT2D eigenvalue weighted by Gasteiger charge is 2.49. The number of fused-ring (bicyclic) bond motifs is 1. The van der Waals surface area contributed by atoms with Crippen LogP contribution >= 0.6 is 0 Å². The fourth-order valence-corrected chi connectivity index (χ4v) is 7.07. The standard InChI is InChI=1S/C32H39N5O3/c1-21-12-28(39-2)26(25-8-10-35-29(21)25)17-37-11-9-31(13-22(14-31)16-33)15-27(37)23-4-6-24(7-5-23)30(38)36-20-32(40-3)18-34-19-32/h4-8,10,12,22,27,34-35H,9,11,13-15,17-20H2,1-3H3,(H,36,38)/t22?,27-,31?/m0/s1. The normalized spacial score (nSPS) is 25.6. The number of methoxy groups -OCH3 is 2. The number of nitrogens with one attached hydrogen (secondary N) is 3. The van der Waals surface area contributed by atoms with E-state index in [0.717, 1.165) is 63.1 Å². The van der Waals surface area contributed by atoms with Gasteiger partial charge in [0, 0.05) is 73.5 Å². The molecule has 3 aliphatic rings. The maximum atomic E-state index is 12.9. The van der Waals surface area contributed by atoms with E-state index in [1.54, 1.807) is 14.2 Å². The van der Waals surface area contributed by atoms with Gasteiger partial charge in [0.1, 0.15) is 11.4 Å². The van der Waals surface area contributed by atoms with E-state index in [9.17, 15) is 10.1 Å². The Hall–Kier alpha value is -3.38. The fraction of sp³-hybridized carbons (Fsp3) is 0.500. The van der Waals surface area contributed by atoms with E-state index in [1.165, 1.54) is 22.1 Å². The molecule has 1 aromatic heterocycles. The Labute approximate surface area is 236 Å². The van der Waals surface area contributed by atoms with Crippen LogP contribution in [0.25, 0.3) is 10.9 Å². The van der Waals surface area contributed by atoms with Gasteiger partial charge in [-0.05, 0) is 80.0 Å². The summed E-state index contributed by atoms with van der Waals surface area (Å²) < 4.78 is 11.5. The first kappa shape index (κ1) is 26.8. The van der Waals surface area contributed by atoms with Gasteiger partial charge in [-0.25, -0.2) is 0 Å². The Bertz CT molecular complexity index is 1420. The Morgan fingerprint density at radius 3 is 2.60 bits per heavy atom. The Morgan fingerprint density at radius 1 is 1.18 bits per heavy atom. The molecule has 2 aliphatic heterocycles. The SMILES string of the molecule is COc1cc(C)c2[nH]ccc2c1CN1CCC2(CC(C#N)C2)C[C@H]1c1ccc(C(=O)NCC2(OC)CNC2)cc1. The van der Waals surface area contributed by atoms with E-state index in [0.29, 0.717) is 12.1 Å². The molecular formula is C32H39N5O3. The van der Waals surface area contributed by atoms with Crippen molar-refractivity contribution in [3.8, 4) is 11.8 Å². The summed E-state index contributed by atoms with van der Waals surface area (Å²) in [6, 6.07) is 15.1. The summed E-state index contributed by atoms with van der Waals surface area (Å²) in [6.45, 7) is 5.82. The van der Waals surface area contributed by atoms with E-state index in [-0.39, 0.29) is 28.9 Å². The van der Waals surface area contributed by atoms with Crippen LogP contribution in [0.5, 0.6) is 5.75 Å². The number of ether oxygens (including phenoxy) is 2. The van der Waals surface area contributed by atoms with Crippen LogP contribution in [0, 0.1) is 29.6 Å². The topological polar surface area (TPSA) is 102 Å². The number of carbonyl (C=O) groups is 1. The molecule has 1 saturated carbocycles. The molecule has 6 rings (SSSR count). The summed E-state index contributed by atoms with van der Waals surface area (Å²) in [5, 5.41) is 16.9. The monoisotopic (exact) mass is 541 g/mol. The van der Waals surface area contributed by atoms with Gasteiger partial charge in [-0.1, -0.05) is 12.1 Å². The molecule has 8 heteroatoms. The molecule has 0 bridgehead atoms. The Balaban J connectivity index is 1.25. The molecule has 1 amide bonds. The second-order valence-electron chi connectivity index (χ2n) is 12.1. The van der Waals surface area contributed by atoms with Crippen LogP contribution in [0.15, 0.2) is 42.6 Å². The lowest BCUT2D eigenvalue weighted by Crippen LogP contribution is -2.65. The van der Waals surface area contributed by atoms with Gasteiger partial charge in [0.05, 0.1) is 13.2 Å². The van der Waals surface area contributed by atoms with Crippen molar-refractivity contribution in [3.63, 3.8) is 0 Å². The lowest BCUT2D eigenvalue weighted by atomic mass is 9.56. The van der Waals surface area contributed by atoms with Crippen LogP contribution in [0.3, 0.4) is 0 Å². The Kier molecular flexibility index (Phi) is 7.07. The number of benzene rings is 2. The molecule has 3 N–H and O–H groups in total. The number of aromatic nitrogens is 1. The van der Waals surface area contributed by atoms with Crippen molar-refractivity contribution in [2.75, 3.05) is 40.4 Å². The first-order chi connectivity index (χ1) is 19.4. The van der Waals surface area contributed by atoms with E-state index < -0.39 is 0 Å². The highest BCUT2D eigenvalue weighted by molar-refractivity contribution is 5.94.